The number of nitrogen functional groups attached to an aromatic ring is 1. The number of hydrogen-bond acceptors (Lipinski definition) is 3. The number of amides is 1. The molecule has 2 N–H and O–H groups in total. The SMILES string of the molecule is Nc1ccc2c(c1)CN(C(=O)CCOCC(F)(F)F)CC2. The minimum Gasteiger partial charge on any atom is -0.399 e. The number of hydrogen-bond donors (Lipinski definition) is 1. The number of fused-ring (bicyclic) bond motifs is 1. The highest BCUT2D eigenvalue weighted by Gasteiger charge is 2.27. The fourth-order valence-corrected chi connectivity index (χ4v) is 2.30. The molecule has 0 spiro atoms. The number of halogens is 3. The Balaban J connectivity index is 1.82. The lowest BCUT2D eigenvalue weighted by molar-refractivity contribution is -0.175. The Morgan fingerprint density at radius 3 is 2.81 bits per heavy atom. The highest BCUT2D eigenvalue weighted by Crippen LogP contribution is 2.22. The second kappa shape index (κ2) is 6.34. The van der Waals surface area contributed by atoms with Gasteiger partial charge >= 0.3 is 6.18 Å². The average molecular weight is 302 g/mol. The largest absolute Gasteiger partial charge is 0.411 e. The topological polar surface area (TPSA) is 55.6 Å². The highest BCUT2D eigenvalue weighted by atomic mass is 19.4. The zero-order valence-corrected chi connectivity index (χ0v) is 11.4. The quantitative estimate of drug-likeness (QED) is 0.685. The van der Waals surface area contributed by atoms with Crippen molar-refractivity contribution in [2.75, 3.05) is 25.5 Å². The van der Waals surface area contributed by atoms with Crippen LogP contribution in [0.2, 0.25) is 0 Å². The maximum absolute atomic E-state index is 12.0. The van der Waals surface area contributed by atoms with Crippen molar-refractivity contribution >= 4 is 11.6 Å². The molecule has 0 fully saturated rings. The van der Waals surface area contributed by atoms with Crippen molar-refractivity contribution in [3.05, 3.63) is 29.3 Å². The van der Waals surface area contributed by atoms with Crippen LogP contribution in [0.4, 0.5) is 18.9 Å². The smallest absolute Gasteiger partial charge is 0.399 e. The summed E-state index contributed by atoms with van der Waals surface area (Å²) in [6.45, 7) is -0.536. The molecule has 0 aliphatic carbocycles. The maximum atomic E-state index is 12.0. The number of nitrogens with two attached hydrogens (primary N) is 1. The van der Waals surface area contributed by atoms with Crippen molar-refractivity contribution in [2.24, 2.45) is 0 Å². The molecule has 1 amide bonds. The van der Waals surface area contributed by atoms with Crippen LogP contribution in [0.15, 0.2) is 18.2 Å². The summed E-state index contributed by atoms with van der Waals surface area (Å²) in [5.41, 5.74) is 8.49. The van der Waals surface area contributed by atoms with Crippen molar-refractivity contribution < 1.29 is 22.7 Å². The summed E-state index contributed by atoms with van der Waals surface area (Å²) in [5.74, 6) is -0.203. The van der Waals surface area contributed by atoms with Crippen molar-refractivity contribution in [1.82, 2.24) is 4.90 Å². The van der Waals surface area contributed by atoms with Crippen LogP contribution >= 0.6 is 0 Å². The summed E-state index contributed by atoms with van der Waals surface area (Å²) >= 11 is 0. The molecule has 1 aliphatic heterocycles. The van der Waals surface area contributed by atoms with Gasteiger partial charge in [0.05, 0.1) is 13.0 Å². The van der Waals surface area contributed by atoms with Crippen LogP contribution < -0.4 is 5.73 Å². The summed E-state index contributed by atoms with van der Waals surface area (Å²) < 4.78 is 40.2. The molecule has 21 heavy (non-hydrogen) atoms. The Bertz CT molecular complexity index is 517. The fourth-order valence-electron chi connectivity index (χ4n) is 2.30. The molecule has 0 radical (unpaired) electrons. The number of rotatable bonds is 4. The van der Waals surface area contributed by atoms with Gasteiger partial charge in [0.15, 0.2) is 0 Å². The van der Waals surface area contributed by atoms with E-state index in [1.165, 1.54) is 0 Å². The van der Waals surface area contributed by atoms with E-state index in [9.17, 15) is 18.0 Å². The molecule has 7 heteroatoms. The Morgan fingerprint density at radius 2 is 2.10 bits per heavy atom. The monoisotopic (exact) mass is 302 g/mol. The molecule has 0 saturated carbocycles. The van der Waals surface area contributed by atoms with Crippen molar-refractivity contribution in [2.45, 2.75) is 25.6 Å². The number of carbonyl (C=O) groups excluding carboxylic acids is 1. The fraction of sp³-hybridized carbons (Fsp3) is 0.500. The molecule has 116 valence electrons. The van der Waals surface area contributed by atoms with Crippen LogP contribution in [0, 0.1) is 0 Å². The molecule has 0 bridgehead atoms. The Labute approximate surface area is 120 Å². The van der Waals surface area contributed by atoms with Gasteiger partial charge in [0, 0.05) is 18.8 Å². The summed E-state index contributed by atoms with van der Waals surface area (Å²) in [5, 5.41) is 0. The Hall–Kier alpha value is -1.76. The second-order valence-electron chi connectivity index (χ2n) is 5.01. The van der Waals surface area contributed by atoms with Gasteiger partial charge in [-0.25, -0.2) is 0 Å². The van der Waals surface area contributed by atoms with Crippen molar-refractivity contribution in [3.8, 4) is 0 Å². The summed E-state index contributed by atoms with van der Waals surface area (Å²) in [7, 11) is 0. The number of anilines is 1. The zero-order chi connectivity index (χ0) is 15.5. The van der Waals surface area contributed by atoms with E-state index in [1.807, 2.05) is 18.2 Å². The lowest BCUT2D eigenvalue weighted by Crippen LogP contribution is -2.36. The Kier molecular flexibility index (Phi) is 4.72. The molecule has 1 aromatic rings. The normalized spacial score (nSPS) is 14.9. The molecule has 0 saturated heterocycles. The van der Waals surface area contributed by atoms with Gasteiger partial charge in [-0.2, -0.15) is 13.2 Å². The summed E-state index contributed by atoms with van der Waals surface area (Å²) in [6, 6.07) is 5.59. The molecule has 1 aromatic carbocycles. The number of alkyl halides is 3. The predicted molar refractivity (Wildman–Crippen MR) is 71.5 cm³/mol. The van der Waals surface area contributed by atoms with E-state index in [0.29, 0.717) is 18.8 Å². The van der Waals surface area contributed by atoms with E-state index in [0.717, 1.165) is 17.5 Å². The summed E-state index contributed by atoms with van der Waals surface area (Å²) in [4.78, 5) is 13.6. The molecule has 0 aromatic heterocycles. The van der Waals surface area contributed by atoms with Gasteiger partial charge in [-0.3, -0.25) is 4.79 Å². The average Bonchev–Trinajstić information content (AvgIpc) is 2.41. The van der Waals surface area contributed by atoms with Crippen LogP contribution in [0.5, 0.6) is 0 Å². The third kappa shape index (κ3) is 4.63. The minimum atomic E-state index is -4.36. The minimum absolute atomic E-state index is 0.0479. The molecular weight excluding hydrogens is 285 g/mol. The van der Waals surface area contributed by atoms with Gasteiger partial charge in [0.25, 0.3) is 0 Å². The van der Waals surface area contributed by atoms with E-state index in [1.54, 1.807) is 4.90 Å². The third-order valence-electron chi connectivity index (χ3n) is 3.32. The molecule has 0 atom stereocenters. The van der Waals surface area contributed by atoms with Crippen LogP contribution in [0.3, 0.4) is 0 Å². The number of benzene rings is 1. The first-order valence-electron chi connectivity index (χ1n) is 6.65. The van der Waals surface area contributed by atoms with E-state index >= 15 is 0 Å². The first-order valence-corrected chi connectivity index (χ1v) is 6.65. The second-order valence-corrected chi connectivity index (χ2v) is 5.01. The highest BCUT2D eigenvalue weighted by molar-refractivity contribution is 5.76. The first kappa shape index (κ1) is 15.6. The van der Waals surface area contributed by atoms with Crippen LogP contribution in [0.1, 0.15) is 17.5 Å². The van der Waals surface area contributed by atoms with Crippen LogP contribution in [-0.2, 0) is 22.5 Å². The zero-order valence-electron chi connectivity index (χ0n) is 11.4. The van der Waals surface area contributed by atoms with Gasteiger partial charge in [0.2, 0.25) is 5.91 Å². The molecule has 0 unspecified atom stereocenters. The Morgan fingerprint density at radius 1 is 1.33 bits per heavy atom. The van der Waals surface area contributed by atoms with E-state index in [-0.39, 0.29) is 18.9 Å². The van der Waals surface area contributed by atoms with Gasteiger partial charge < -0.3 is 15.4 Å². The third-order valence-corrected chi connectivity index (χ3v) is 3.32. The van der Waals surface area contributed by atoms with E-state index in [2.05, 4.69) is 4.74 Å². The van der Waals surface area contributed by atoms with Gasteiger partial charge in [-0.1, -0.05) is 6.07 Å². The molecule has 1 heterocycles. The van der Waals surface area contributed by atoms with Gasteiger partial charge in [0.1, 0.15) is 6.61 Å². The van der Waals surface area contributed by atoms with E-state index in [4.69, 9.17) is 5.73 Å². The number of nitrogens with zero attached hydrogens (tertiary/aromatic N) is 1. The number of carbonyl (C=O) groups is 1. The van der Waals surface area contributed by atoms with Crippen LogP contribution in [-0.4, -0.2) is 36.7 Å². The molecular formula is C14H17F3N2O2. The lowest BCUT2D eigenvalue weighted by atomic mass is 9.99. The van der Waals surface area contributed by atoms with Crippen LogP contribution in [0.25, 0.3) is 0 Å². The maximum Gasteiger partial charge on any atom is 0.411 e. The molecule has 4 nitrogen and oxygen atoms in total. The van der Waals surface area contributed by atoms with Crippen molar-refractivity contribution in [1.29, 1.82) is 0 Å². The molecule has 1 aliphatic rings. The van der Waals surface area contributed by atoms with Gasteiger partial charge in [-0.15, -0.1) is 0 Å². The standard InChI is InChI=1S/C14H17F3N2O2/c15-14(16,17)9-21-6-4-13(20)19-5-3-10-1-2-12(18)7-11(10)8-19/h1-2,7H,3-6,8-9,18H2. The lowest BCUT2D eigenvalue weighted by Gasteiger charge is -2.29. The summed E-state index contributed by atoms with van der Waals surface area (Å²) in [6.07, 6.45) is -3.68. The number of ether oxygens (including phenoxy) is 1. The van der Waals surface area contributed by atoms with E-state index < -0.39 is 12.8 Å². The first-order chi connectivity index (χ1) is 9.85. The molecule has 2 rings (SSSR count). The van der Waals surface area contributed by atoms with Gasteiger partial charge in [-0.05, 0) is 29.7 Å². The predicted octanol–water partition coefficient (Wildman–Crippen LogP) is 2.12. The van der Waals surface area contributed by atoms with Crippen molar-refractivity contribution in [3.63, 3.8) is 0 Å².